The van der Waals surface area contributed by atoms with Crippen LogP contribution in [0.5, 0.6) is 0 Å². The molecule has 0 saturated heterocycles. The molecule has 0 radical (unpaired) electrons. The summed E-state index contributed by atoms with van der Waals surface area (Å²) in [5, 5.41) is 6.12. The Hall–Kier alpha value is -1.74. The highest BCUT2D eigenvalue weighted by molar-refractivity contribution is 6.28. The maximum Gasteiger partial charge on any atom is 0.0945 e. The molecule has 2 aromatic rings. The Balaban J connectivity index is -0.000000443. The normalized spacial score (nSPS) is 8.59. The van der Waals surface area contributed by atoms with Crippen molar-refractivity contribution in [1.29, 1.82) is 0 Å². The van der Waals surface area contributed by atoms with Crippen molar-refractivity contribution >= 4 is 34.2 Å². The van der Waals surface area contributed by atoms with Gasteiger partial charge in [-0.25, -0.2) is 4.84 Å². The zero-order valence-electron chi connectivity index (χ0n) is 21.0. The van der Waals surface area contributed by atoms with Crippen molar-refractivity contribution in [1.82, 2.24) is 10.2 Å². The summed E-state index contributed by atoms with van der Waals surface area (Å²) in [7, 11) is 0. The monoisotopic (exact) mass is 480 g/mol. The number of halogens is 2. The third kappa shape index (κ3) is 21.5. The zero-order valence-corrected chi connectivity index (χ0v) is 22.5. The summed E-state index contributed by atoms with van der Waals surface area (Å²) < 4.78 is 0. The van der Waals surface area contributed by atoms with Gasteiger partial charge in [0.1, 0.15) is 0 Å². The third-order valence-corrected chi connectivity index (χ3v) is 4.13. The largest absolute Gasteiger partial charge is 0.376 e. The van der Waals surface area contributed by atoms with Gasteiger partial charge in [0, 0.05) is 13.1 Å². The first-order valence-electron chi connectivity index (χ1n) is 11.7. The molecule has 2 nitrogen and oxygen atoms in total. The molecule has 0 unspecified atom stereocenters. The van der Waals surface area contributed by atoms with Gasteiger partial charge < -0.3 is 5.32 Å². The van der Waals surface area contributed by atoms with Crippen LogP contribution in [-0.4, -0.2) is 13.1 Å². The Labute approximate surface area is 208 Å². The van der Waals surface area contributed by atoms with Crippen LogP contribution >= 0.6 is 23.4 Å². The zero-order chi connectivity index (χ0) is 25.0. The molecular weight excluding hydrogens is 435 g/mol. The van der Waals surface area contributed by atoms with Crippen LogP contribution in [0.1, 0.15) is 65.9 Å². The third-order valence-electron chi connectivity index (χ3n) is 3.81. The lowest BCUT2D eigenvalue weighted by Gasteiger charge is -2.07. The number of rotatable bonds is 10. The van der Waals surface area contributed by atoms with Crippen molar-refractivity contribution in [3.8, 4) is 0 Å². The second-order valence-corrected chi connectivity index (χ2v) is 6.81. The van der Waals surface area contributed by atoms with E-state index in [9.17, 15) is 0 Å². The highest BCUT2D eigenvalue weighted by atomic mass is 35.5. The van der Waals surface area contributed by atoms with Crippen molar-refractivity contribution in [3.63, 3.8) is 0 Å². The average Bonchev–Trinajstić information content (AvgIpc) is 2.85. The Morgan fingerprint density at radius 1 is 0.906 bits per heavy atom. The molecule has 0 aromatic heterocycles. The van der Waals surface area contributed by atoms with Crippen LogP contribution in [0.25, 0.3) is 10.8 Å². The van der Waals surface area contributed by atoms with Crippen LogP contribution in [0.3, 0.4) is 0 Å². The molecule has 0 aliphatic carbocycles. The quantitative estimate of drug-likeness (QED) is 0.153. The first kappa shape index (κ1) is 34.9. The lowest BCUT2D eigenvalue weighted by Crippen LogP contribution is -2.12. The number of unbranched alkanes of at least 4 members (excludes halogenated alkanes) is 2. The van der Waals surface area contributed by atoms with Gasteiger partial charge in [-0.3, -0.25) is 0 Å². The van der Waals surface area contributed by atoms with Crippen LogP contribution in [0.15, 0.2) is 79.5 Å². The smallest absolute Gasteiger partial charge is 0.0945 e. The first-order chi connectivity index (χ1) is 15.6. The lowest BCUT2D eigenvalue weighted by molar-refractivity contribution is 0.732. The molecule has 0 heterocycles. The summed E-state index contributed by atoms with van der Waals surface area (Å²) in [6, 6.07) is 14.8. The van der Waals surface area contributed by atoms with Gasteiger partial charge in [0.05, 0.1) is 5.16 Å². The van der Waals surface area contributed by atoms with Gasteiger partial charge in [0.2, 0.25) is 0 Å². The van der Waals surface area contributed by atoms with Crippen LogP contribution < -0.4 is 10.2 Å². The van der Waals surface area contributed by atoms with Crippen molar-refractivity contribution in [2.75, 3.05) is 13.1 Å². The lowest BCUT2D eigenvalue weighted by atomic mass is 10.0. The summed E-state index contributed by atoms with van der Waals surface area (Å²) in [5.74, 6) is 0. The number of allylic oxidation sites excluding steroid dienone is 2. The molecule has 0 atom stereocenters. The molecule has 0 aliphatic rings. The Bertz CT molecular complexity index is 679. The van der Waals surface area contributed by atoms with Crippen LogP contribution in [-0.2, 0) is 6.42 Å². The molecule has 2 rings (SSSR count). The maximum absolute atomic E-state index is 5.66. The topological polar surface area (TPSA) is 24.1 Å². The molecule has 32 heavy (non-hydrogen) atoms. The summed E-state index contributed by atoms with van der Waals surface area (Å²) in [4.78, 5) is 2.56. The molecule has 182 valence electrons. The van der Waals surface area contributed by atoms with Crippen LogP contribution in [0, 0.1) is 0 Å². The van der Waals surface area contributed by atoms with E-state index in [-0.39, 0.29) is 0 Å². The predicted octanol–water partition coefficient (Wildman–Crippen LogP) is 9.40. The minimum Gasteiger partial charge on any atom is -0.376 e. The highest BCUT2D eigenvalue weighted by Crippen LogP contribution is 2.18. The summed E-state index contributed by atoms with van der Waals surface area (Å²) in [6.45, 7) is 22.5. The van der Waals surface area contributed by atoms with Gasteiger partial charge in [-0.15, -0.1) is 13.2 Å². The van der Waals surface area contributed by atoms with E-state index >= 15 is 0 Å². The van der Waals surface area contributed by atoms with E-state index in [1.807, 2.05) is 39.8 Å². The molecule has 0 spiro atoms. The summed E-state index contributed by atoms with van der Waals surface area (Å²) in [5.41, 5.74) is 1.34. The predicted molar refractivity (Wildman–Crippen MR) is 152 cm³/mol. The average molecular weight is 482 g/mol. The number of benzene rings is 2. The van der Waals surface area contributed by atoms with Crippen LogP contribution in [0.2, 0.25) is 0 Å². The Morgan fingerprint density at radius 3 is 2.03 bits per heavy atom. The number of nitrogens with one attached hydrogen (secondary N) is 2. The SMILES string of the molecule is C=C(Cl)NCCc1cccc2ccccc12.C=CCC.C=CCCCCNCl.CC.CC. The van der Waals surface area contributed by atoms with Gasteiger partial charge in [0.15, 0.2) is 0 Å². The Kier molecular flexibility index (Phi) is 31.9. The molecule has 4 heteroatoms. The molecular formula is C28H46Cl2N2. The van der Waals surface area contributed by atoms with Crippen molar-refractivity contribution in [2.24, 2.45) is 0 Å². The maximum atomic E-state index is 5.66. The first-order valence-corrected chi connectivity index (χ1v) is 12.5. The van der Waals surface area contributed by atoms with Gasteiger partial charge >= 0.3 is 0 Å². The van der Waals surface area contributed by atoms with Crippen molar-refractivity contribution in [2.45, 2.75) is 66.7 Å². The number of fused-ring (bicyclic) bond motifs is 1. The minimum atomic E-state index is 0.500. The fraction of sp³-hybridized carbons (Fsp3) is 0.429. The number of hydrogen-bond acceptors (Lipinski definition) is 2. The fourth-order valence-corrected chi connectivity index (χ4v) is 2.55. The van der Waals surface area contributed by atoms with E-state index in [1.54, 1.807) is 0 Å². The minimum absolute atomic E-state index is 0.500. The second-order valence-electron chi connectivity index (χ2n) is 6.08. The molecule has 0 aliphatic heterocycles. The van der Waals surface area contributed by atoms with Gasteiger partial charge in [-0.2, -0.15) is 0 Å². The van der Waals surface area contributed by atoms with Crippen molar-refractivity contribution in [3.05, 3.63) is 85.1 Å². The number of hydrogen-bond donors (Lipinski definition) is 2. The molecule has 0 fully saturated rings. The Morgan fingerprint density at radius 2 is 1.50 bits per heavy atom. The highest BCUT2D eigenvalue weighted by Gasteiger charge is 1.99. The van der Waals surface area contributed by atoms with E-state index in [1.165, 1.54) is 22.8 Å². The molecule has 0 saturated carbocycles. The van der Waals surface area contributed by atoms with Crippen LogP contribution in [0.4, 0.5) is 0 Å². The summed E-state index contributed by atoms with van der Waals surface area (Å²) in [6.07, 6.45) is 9.25. The van der Waals surface area contributed by atoms with Gasteiger partial charge in [-0.1, -0.05) is 107 Å². The van der Waals surface area contributed by atoms with Gasteiger partial charge in [0.25, 0.3) is 0 Å². The van der Waals surface area contributed by atoms with E-state index < -0.39 is 0 Å². The van der Waals surface area contributed by atoms with E-state index in [0.29, 0.717) is 5.16 Å². The van der Waals surface area contributed by atoms with E-state index in [2.05, 4.69) is 79.3 Å². The summed E-state index contributed by atoms with van der Waals surface area (Å²) >= 11 is 10.9. The fourth-order valence-electron chi connectivity index (χ4n) is 2.32. The second kappa shape index (κ2) is 29.3. The van der Waals surface area contributed by atoms with Crippen molar-refractivity contribution < 1.29 is 0 Å². The molecule has 2 aromatic carbocycles. The molecule has 2 N–H and O–H groups in total. The van der Waals surface area contributed by atoms with Gasteiger partial charge in [-0.05, 0) is 60.2 Å². The molecule has 0 amide bonds. The van der Waals surface area contributed by atoms with E-state index in [4.69, 9.17) is 23.4 Å². The molecule has 0 bridgehead atoms. The standard InChI is InChI=1S/C14H14ClN.C6H12ClN.C4H8.2C2H6/c1-11(15)16-10-9-13-7-4-6-12-5-2-3-8-14(12)13;1-2-3-4-5-6-8-7;1-3-4-2;2*1-2/h2-8,16H,1,9-10H2;2,8H,1,3-6H2;3H,1,4H2,2H3;2*1-2H3. The van der Waals surface area contributed by atoms with E-state index in [0.717, 1.165) is 38.8 Å².